The van der Waals surface area contributed by atoms with E-state index in [0.717, 1.165) is 21.8 Å². The second-order valence-corrected chi connectivity index (χ2v) is 6.84. The summed E-state index contributed by atoms with van der Waals surface area (Å²) in [6.07, 6.45) is 0. The number of urea groups is 1. The standard InChI is InChI=1S/C18H16ClN3OS/c1-11-3-6-15(9-16(11)19)22-18(23)21-14-7-4-13(5-8-14)17-10-24-12(2)20-17/h3-10H,1-2H3,(H2,21,22,23). The number of carbonyl (C=O) groups is 1. The van der Waals surface area contributed by atoms with Crippen molar-refractivity contribution in [3.63, 3.8) is 0 Å². The predicted octanol–water partition coefficient (Wildman–Crippen LogP) is 5.72. The lowest BCUT2D eigenvalue weighted by Gasteiger charge is -2.09. The first-order valence-corrected chi connectivity index (χ1v) is 8.64. The van der Waals surface area contributed by atoms with Crippen molar-refractivity contribution < 1.29 is 4.79 Å². The van der Waals surface area contributed by atoms with Crippen LogP contribution in [0, 0.1) is 13.8 Å². The smallest absolute Gasteiger partial charge is 0.308 e. The first-order chi connectivity index (χ1) is 11.5. The topological polar surface area (TPSA) is 54.0 Å². The van der Waals surface area contributed by atoms with Crippen LogP contribution in [0.3, 0.4) is 0 Å². The fourth-order valence-electron chi connectivity index (χ4n) is 2.18. The lowest BCUT2D eigenvalue weighted by atomic mass is 10.1. The zero-order valence-electron chi connectivity index (χ0n) is 13.3. The van der Waals surface area contributed by atoms with Gasteiger partial charge in [0.15, 0.2) is 0 Å². The van der Waals surface area contributed by atoms with E-state index in [9.17, 15) is 4.79 Å². The maximum absolute atomic E-state index is 12.1. The van der Waals surface area contributed by atoms with Gasteiger partial charge in [-0.3, -0.25) is 0 Å². The van der Waals surface area contributed by atoms with Gasteiger partial charge in [0.25, 0.3) is 0 Å². The molecule has 2 amide bonds. The van der Waals surface area contributed by atoms with Crippen molar-refractivity contribution in [3.8, 4) is 11.3 Å². The molecule has 122 valence electrons. The second-order valence-electron chi connectivity index (χ2n) is 5.37. The Balaban J connectivity index is 1.65. The highest BCUT2D eigenvalue weighted by Crippen LogP contribution is 2.23. The summed E-state index contributed by atoms with van der Waals surface area (Å²) in [5.74, 6) is 0. The molecule has 0 aliphatic rings. The van der Waals surface area contributed by atoms with Crippen LogP contribution in [0.4, 0.5) is 16.2 Å². The number of carbonyl (C=O) groups excluding carboxylic acids is 1. The third-order valence-electron chi connectivity index (χ3n) is 3.49. The molecule has 0 unspecified atom stereocenters. The van der Waals surface area contributed by atoms with E-state index < -0.39 is 0 Å². The van der Waals surface area contributed by atoms with Crippen LogP contribution < -0.4 is 10.6 Å². The molecule has 24 heavy (non-hydrogen) atoms. The molecular weight excluding hydrogens is 342 g/mol. The van der Waals surface area contributed by atoms with E-state index >= 15 is 0 Å². The quantitative estimate of drug-likeness (QED) is 0.629. The maximum Gasteiger partial charge on any atom is 0.323 e. The van der Waals surface area contributed by atoms with Gasteiger partial charge >= 0.3 is 6.03 Å². The number of amides is 2. The van der Waals surface area contributed by atoms with E-state index in [1.807, 2.05) is 55.6 Å². The van der Waals surface area contributed by atoms with Crippen LogP contribution in [0.25, 0.3) is 11.3 Å². The predicted molar refractivity (Wildman–Crippen MR) is 101 cm³/mol. The number of anilines is 2. The highest BCUT2D eigenvalue weighted by Gasteiger charge is 2.06. The van der Waals surface area contributed by atoms with E-state index in [1.54, 1.807) is 17.4 Å². The molecule has 0 fully saturated rings. The zero-order chi connectivity index (χ0) is 17.1. The minimum Gasteiger partial charge on any atom is -0.308 e. The Labute approximate surface area is 149 Å². The van der Waals surface area contributed by atoms with E-state index in [0.29, 0.717) is 16.4 Å². The fraction of sp³-hybridized carbons (Fsp3) is 0.111. The number of aryl methyl sites for hydroxylation is 2. The molecule has 0 spiro atoms. The Hall–Kier alpha value is -2.37. The average molecular weight is 358 g/mol. The summed E-state index contributed by atoms with van der Waals surface area (Å²) in [7, 11) is 0. The van der Waals surface area contributed by atoms with E-state index in [4.69, 9.17) is 11.6 Å². The molecule has 1 heterocycles. The van der Waals surface area contributed by atoms with E-state index in [2.05, 4.69) is 15.6 Å². The van der Waals surface area contributed by atoms with Gasteiger partial charge in [0.1, 0.15) is 0 Å². The Morgan fingerprint density at radius 3 is 2.33 bits per heavy atom. The molecule has 2 N–H and O–H groups in total. The van der Waals surface area contributed by atoms with Gasteiger partial charge in [-0.05, 0) is 43.7 Å². The van der Waals surface area contributed by atoms with Crippen molar-refractivity contribution in [1.82, 2.24) is 4.98 Å². The van der Waals surface area contributed by atoms with Crippen LogP contribution >= 0.6 is 22.9 Å². The maximum atomic E-state index is 12.1. The van der Waals surface area contributed by atoms with Crippen molar-refractivity contribution in [1.29, 1.82) is 0 Å². The SMILES string of the molecule is Cc1nc(-c2ccc(NC(=O)Nc3ccc(C)c(Cl)c3)cc2)cs1. The minimum atomic E-state index is -0.313. The number of halogens is 1. The Kier molecular flexibility index (Phi) is 4.83. The van der Waals surface area contributed by atoms with E-state index in [-0.39, 0.29) is 6.03 Å². The summed E-state index contributed by atoms with van der Waals surface area (Å²) in [6, 6.07) is 12.7. The number of nitrogens with one attached hydrogen (secondary N) is 2. The van der Waals surface area contributed by atoms with Gasteiger partial charge in [-0.1, -0.05) is 29.8 Å². The molecule has 3 rings (SSSR count). The average Bonchev–Trinajstić information content (AvgIpc) is 2.98. The van der Waals surface area contributed by atoms with Crippen molar-refractivity contribution in [3.05, 3.63) is 63.4 Å². The fourth-order valence-corrected chi connectivity index (χ4v) is 2.99. The first kappa shape index (κ1) is 16.5. The number of rotatable bonds is 3. The number of hydrogen-bond acceptors (Lipinski definition) is 3. The van der Waals surface area contributed by atoms with Crippen LogP contribution in [0.1, 0.15) is 10.6 Å². The molecule has 0 saturated heterocycles. The van der Waals surface area contributed by atoms with Crippen molar-refractivity contribution >= 4 is 40.3 Å². The number of nitrogens with zero attached hydrogens (tertiary/aromatic N) is 1. The summed E-state index contributed by atoms with van der Waals surface area (Å²) < 4.78 is 0. The summed E-state index contributed by atoms with van der Waals surface area (Å²) in [6.45, 7) is 3.89. The van der Waals surface area contributed by atoms with E-state index in [1.165, 1.54) is 0 Å². The molecule has 0 bridgehead atoms. The largest absolute Gasteiger partial charge is 0.323 e. The van der Waals surface area contributed by atoms with Gasteiger partial charge in [-0.15, -0.1) is 11.3 Å². The first-order valence-electron chi connectivity index (χ1n) is 7.38. The molecule has 1 aromatic heterocycles. The monoisotopic (exact) mass is 357 g/mol. The summed E-state index contributed by atoms with van der Waals surface area (Å²) in [5, 5.41) is 9.23. The normalized spacial score (nSPS) is 10.5. The van der Waals surface area contributed by atoms with Crippen LogP contribution in [0.5, 0.6) is 0 Å². The van der Waals surface area contributed by atoms with Crippen LogP contribution in [0.2, 0.25) is 5.02 Å². The molecule has 3 aromatic rings. The highest BCUT2D eigenvalue weighted by molar-refractivity contribution is 7.09. The number of thiazole rings is 1. The number of aromatic nitrogens is 1. The number of hydrogen-bond donors (Lipinski definition) is 2. The van der Waals surface area contributed by atoms with Crippen LogP contribution in [-0.4, -0.2) is 11.0 Å². The van der Waals surface area contributed by atoms with Gasteiger partial charge in [0.2, 0.25) is 0 Å². The van der Waals surface area contributed by atoms with Gasteiger partial charge in [0.05, 0.1) is 10.7 Å². The molecule has 0 aliphatic carbocycles. The van der Waals surface area contributed by atoms with Gasteiger partial charge < -0.3 is 10.6 Å². The van der Waals surface area contributed by atoms with Crippen molar-refractivity contribution in [2.45, 2.75) is 13.8 Å². The molecular formula is C18H16ClN3OS. The Morgan fingerprint density at radius 2 is 1.71 bits per heavy atom. The molecule has 0 aliphatic heterocycles. The highest BCUT2D eigenvalue weighted by atomic mass is 35.5. The van der Waals surface area contributed by atoms with Gasteiger partial charge in [-0.2, -0.15) is 0 Å². The summed E-state index contributed by atoms with van der Waals surface area (Å²) in [5.41, 5.74) is 4.30. The molecule has 0 saturated carbocycles. The second kappa shape index (κ2) is 7.03. The third kappa shape index (κ3) is 3.93. The summed E-state index contributed by atoms with van der Waals surface area (Å²) >= 11 is 7.67. The third-order valence-corrected chi connectivity index (χ3v) is 4.67. The van der Waals surface area contributed by atoms with Gasteiger partial charge in [-0.25, -0.2) is 9.78 Å². The lowest BCUT2D eigenvalue weighted by molar-refractivity contribution is 0.262. The molecule has 0 radical (unpaired) electrons. The van der Waals surface area contributed by atoms with Crippen molar-refractivity contribution in [2.24, 2.45) is 0 Å². The molecule has 0 atom stereocenters. The minimum absolute atomic E-state index is 0.313. The zero-order valence-corrected chi connectivity index (χ0v) is 14.8. The number of benzene rings is 2. The van der Waals surface area contributed by atoms with Crippen LogP contribution in [0.15, 0.2) is 47.8 Å². The molecule has 4 nitrogen and oxygen atoms in total. The molecule has 6 heteroatoms. The van der Waals surface area contributed by atoms with Crippen LogP contribution in [-0.2, 0) is 0 Å². The van der Waals surface area contributed by atoms with Crippen molar-refractivity contribution in [2.75, 3.05) is 10.6 Å². The van der Waals surface area contributed by atoms with Gasteiger partial charge in [0, 0.05) is 27.3 Å². The summed E-state index contributed by atoms with van der Waals surface area (Å²) in [4.78, 5) is 16.5. The Morgan fingerprint density at radius 1 is 1.04 bits per heavy atom. The Bertz CT molecular complexity index is 874. The molecule has 2 aromatic carbocycles. The lowest BCUT2D eigenvalue weighted by Crippen LogP contribution is -2.19.